The summed E-state index contributed by atoms with van der Waals surface area (Å²) in [7, 11) is 1.97. The van der Waals surface area contributed by atoms with Gasteiger partial charge in [0.05, 0.1) is 30.7 Å². The van der Waals surface area contributed by atoms with E-state index in [9.17, 15) is 13.2 Å². The molecule has 1 unspecified atom stereocenters. The molecule has 1 fully saturated rings. The Labute approximate surface area is 178 Å². The summed E-state index contributed by atoms with van der Waals surface area (Å²) in [5.41, 5.74) is 4.00. The SMILES string of the molecule is CCn1ncc2c1C(COCC1CC1)N(Cc1cnn(C)c1)CC2.O=C(O)C(F)(F)F. The second-order valence-corrected chi connectivity index (χ2v) is 7.91. The maximum absolute atomic E-state index is 10.6. The predicted octanol–water partition coefficient (Wildman–Crippen LogP) is 2.80. The van der Waals surface area contributed by atoms with Crippen molar-refractivity contribution in [1.82, 2.24) is 24.5 Å². The number of alkyl halides is 3. The molecule has 3 heterocycles. The quantitative estimate of drug-likeness (QED) is 0.708. The van der Waals surface area contributed by atoms with Crippen molar-refractivity contribution < 1.29 is 27.8 Å². The summed E-state index contributed by atoms with van der Waals surface area (Å²) >= 11 is 0. The summed E-state index contributed by atoms with van der Waals surface area (Å²) in [6.07, 6.45) is 4.77. The van der Waals surface area contributed by atoms with Gasteiger partial charge in [-0.2, -0.15) is 23.4 Å². The molecule has 4 rings (SSSR count). The highest BCUT2D eigenvalue weighted by atomic mass is 19.4. The largest absolute Gasteiger partial charge is 0.490 e. The van der Waals surface area contributed by atoms with E-state index in [2.05, 4.69) is 32.9 Å². The van der Waals surface area contributed by atoms with Crippen LogP contribution in [0.3, 0.4) is 0 Å². The molecule has 2 aromatic heterocycles. The number of aliphatic carboxylic acids is 1. The number of halogens is 3. The fourth-order valence-corrected chi connectivity index (χ4v) is 3.65. The zero-order valence-corrected chi connectivity index (χ0v) is 17.7. The van der Waals surface area contributed by atoms with Gasteiger partial charge in [-0.3, -0.25) is 14.3 Å². The monoisotopic (exact) mass is 443 g/mol. The Bertz CT molecular complexity index is 862. The predicted molar refractivity (Wildman–Crippen MR) is 105 cm³/mol. The Kier molecular flexibility index (Phi) is 7.37. The molecule has 1 saturated carbocycles. The number of fused-ring (bicyclic) bond motifs is 1. The minimum atomic E-state index is -5.08. The fourth-order valence-electron chi connectivity index (χ4n) is 3.65. The van der Waals surface area contributed by atoms with Crippen LogP contribution in [-0.4, -0.2) is 61.5 Å². The van der Waals surface area contributed by atoms with Gasteiger partial charge in [-0.25, -0.2) is 4.79 Å². The molecule has 11 heteroatoms. The molecule has 172 valence electrons. The van der Waals surface area contributed by atoms with Gasteiger partial charge in [0.25, 0.3) is 0 Å². The Morgan fingerprint density at radius 2 is 1.97 bits per heavy atom. The van der Waals surface area contributed by atoms with E-state index < -0.39 is 12.1 Å². The smallest absolute Gasteiger partial charge is 0.475 e. The molecule has 0 radical (unpaired) electrons. The molecule has 1 N–H and O–H groups in total. The lowest BCUT2D eigenvalue weighted by Gasteiger charge is -2.36. The summed E-state index contributed by atoms with van der Waals surface area (Å²) in [4.78, 5) is 11.4. The maximum atomic E-state index is 10.6. The zero-order valence-electron chi connectivity index (χ0n) is 17.7. The Morgan fingerprint density at radius 3 is 2.52 bits per heavy atom. The van der Waals surface area contributed by atoms with Crippen LogP contribution in [-0.2, 0) is 36.1 Å². The highest BCUT2D eigenvalue weighted by Crippen LogP contribution is 2.33. The molecule has 0 aromatic carbocycles. The number of nitrogens with zero attached hydrogens (tertiary/aromatic N) is 5. The van der Waals surface area contributed by atoms with Gasteiger partial charge in [0, 0.05) is 45.0 Å². The minimum Gasteiger partial charge on any atom is -0.475 e. The van der Waals surface area contributed by atoms with Crippen LogP contribution in [0, 0.1) is 5.92 Å². The van der Waals surface area contributed by atoms with Crippen LogP contribution in [0.5, 0.6) is 0 Å². The number of hydrogen-bond donors (Lipinski definition) is 1. The molecular weight excluding hydrogens is 415 g/mol. The van der Waals surface area contributed by atoms with Crippen LogP contribution in [0.4, 0.5) is 13.2 Å². The molecule has 31 heavy (non-hydrogen) atoms. The van der Waals surface area contributed by atoms with Crippen LogP contribution >= 0.6 is 0 Å². The standard InChI is InChI=1S/C18H27N5O.C2HF3O2/c1-3-23-18-16(9-20-23)6-7-22(11-15-8-19-21(2)10-15)17(18)13-24-12-14-4-5-14;3-2(4,5)1(6)7/h8-10,14,17H,3-7,11-13H2,1-2H3;(H,6,7). The summed E-state index contributed by atoms with van der Waals surface area (Å²) in [6, 6.07) is 0.287. The molecule has 2 aliphatic rings. The van der Waals surface area contributed by atoms with Gasteiger partial charge in [-0.1, -0.05) is 0 Å². The number of carbonyl (C=O) groups is 1. The zero-order chi connectivity index (χ0) is 22.6. The summed E-state index contributed by atoms with van der Waals surface area (Å²) < 4.78 is 41.9. The number of carboxylic acid groups (broad SMARTS) is 1. The number of ether oxygens (including phenoxy) is 1. The van der Waals surface area contributed by atoms with Crippen molar-refractivity contribution >= 4 is 5.97 Å². The first-order chi connectivity index (χ1) is 14.7. The second-order valence-electron chi connectivity index (χ2n) is 7.91. The number of hydrogen-bond acceptors (Lipinski definition) is 5. The Hall–Kier alpha value is -2.40. The fraction of sp³-hybridized carbons (Fsp3) is 0.650. The van der Waals surface area contributed by atoms with Gasteiger partial charge in [0.1, 0.15) is 0 Å². The van der Waals surface area contributed by atoms with E-state index in [4.69, 9.17) is 14.6 Å². The molecule has 0 bridgehead atoms. The van der Waals surface area contributed by atoms with Crippen molar-refractivity contribution in [3.05, 3.63) is 35.4 Å². The van der Waals surface area contributed by atoms with E-state index in [-0.39, 0.29) is 6.04 Å². The van der Waals surface area contributed by atoms with E-state index in [1.165, 1.54) is 29.7 Å². The van der Waals surface area contributed by atoms with Crippen molar-refractivity contribution in [3.8, 4) is 0 Å². The van der Waals surface area contributed by atoms with Crippen molar-refractivity contribution in [2.45, 2.75) is 51.5 Å². The summed E-state index contributed by atoms with van der Waals surface area (Å²) in [6.45, 7) is 6.71. The molecule has 1 aliphatic carbocycles. The van der Waals surface area contributed by atoms with E-state index >= 15 is 0 Å². The molecular formula is C20H28F3N5O3. The van der Waals surface area contributed by atoms with Gasteiger partial charge in [0.15, 0.2) is 0 Å². The number of rotatable bonds is 7. The maximum Gasteiger partial charge on any atom is 0.490 e. The Morgan fingerprint density at radius 1 is 1.26 bits per heavy atom. The second kappa shape index (κ2) is 9.82. The third-order valence-corrected chi connectivity index (χ3v) is 5.40. The van der Waals surface area contributed by atoms with Gasteiger partial charge >= 0.3 is 12.1 Å². The van der Waals surface area contributed by atoms with Crippen LogP contribution in [0.2, 0.25) is 0 Å². The van der Waals surface area contributed by atoms with E-state index in [1.807, 2.05) is 24.1 Å². The normalized spacial score (nSPS) is 18.9. The molecule has 1 atom stereocenters. The highest BCUT2D eigenvalue weighted by molar-refractivity contribution is 5.73. The summed E-state index contributed by atoms with van der Waals surface area (Å²) in [5.74, 6) is -1.96. The van der Waals surface area contributed by atoms with Gasteiger partial charge in [-0.15, -0.1) is 0 Å². The third-order valence-electron chi connectivity index (χ3n) is 5.40. The van der Waals surface area contributed by atoms with Gasteiger partial charge in [0.2, 0.25) is 0 Å². The molecule has 1 aliphatic heterocycles. The summed E-state index contributed by atoms with van der Waals surface area (Å²) in [5, 5.41) is 16.0. The van der Waals surface area contributed by atoms with Crippen LogP contribution < -0.4 is 0 Å². The average Bonchev–Trinajstić information content (AvgIpc) is 3.29. The van der Waals surface area contributed by atoms with Crippen molar-refractivity contribution in [1.29, 1.82) is 0 Å². The molecule has 2 aromatic rings. The average molecular weight is 443 g/mol. The number of aromatic nitrogens is 4. The third kappa shape index (κ3) is 6.30. The highest BCUT2D eigenvalue weighted by Gasteiger charge is 2.38. The molecule has 0 amide bonds. The first-order valence-corrected chi connectivity index (χ1v) is 10.3. The lowest BCUT2D eigenvalue weighted by Crippen LogP contribution is -2.38. The topological polar surface area (TPSA) is 85.4 Å². The van der Waals surface area contributed by atoms with E-state index in [0.29, 0.717) is 0 Å². The van der Waals surface area contributed by atoms with Gasteiger partial charge < -0.3 is 9.84 Å². The van der Waals surface area contributed by atoms with E-state index in [0.717, 1.165) is 45.2 Å². The van der Waals surface area contributed by atoms with Crippen LogP contribution in [0.15, 0.2) is 18.6 Å². The minimum absolute atomic E-state index is 0.287. The number of carboxylic acids is 1. The van der Waals surface area contributed by atoms with Crippen molar-refractivity contribution in [2.75, 3.05) is 19.8 Å². The lowest BCUT2D eigenvalue weighted by molar-refractivity contribution is -0.192. The number of aryl methyl sites for hydroxylation is 2. The lowest BCUT2D eigenvalue weighted by atomic mass is 9.99. The van der Waals surface area contributed by atoms with Gasteiger partial charge in [-0.05, 0) is 37.7 Å². The first kappa shape index (κ1) is 23.3. The first-order valence-electron chi connectivity index (χ1n) is 10.3. The van der Waals surface area contributed by atoms with Crippen molar-refractivity contribution in [3.63, 3.8) is 0 Å². The van der Waals surface area contributed by atoms with E-state index in [1.54, 1.807) is 0 Å². The van der Waals surface area contributed by atoms with Crippen molar-refractivity contribution in [2.24, 2.45) is 13.0 Å². The molecule has 8 nitrogen and oxygen atoms in total. The molecule has 0 saturated heterocycles. The Balaban J connectivity index is 0.000000339. The van der Waals surface area contributed by atoms with Crippen LogP contribution in [0.1, 0.15) is 42.6 Å². The molecule has 0 spiro atoms. The van der Waals surface area contributed by atoms with Crippen LogP contribution in [0.25, 0.3) is 0 Å².